The summed E-state index contributed by atoms with van der Waals surface area (Å²) >= 11 is 0.962. The average Bonchev–Trinajstić information content (AvgIpc) is 3.85. The predicted molar refractivity (Wildman–Crippen MR) is 197 cm³/mol. The highest BCUT2D eigenvalue weighted by molar-refractivity contribution is 7.00. The van der Waals surface area contributed by atoms with Crippen molar-refractivity contribution in [1.29, 1.82) is 0 Å². The molecule has 0 radical (unpaired) electrons. The van der Waals surface area contributed by atoms with Crippen LogP contribution in [-0.2, 0) is 0 Å². The minimum Gasteiger partial charge on any atom is -0.309 e. The lowest BCUT2D eigenvalue weighted by Crippen LogP contribution is -1.98. The summed E-state index contributed by atoms with van der Waals surface area (Å²) in [6.45, 7) is 0. The van der Waals surface area contributed by atoms with Gasteiger partial charge in [-0.2, -0.15) is 8.75 Å². The third-order valence-corrected chi connectivity index (χ3v) is 10.1. The van der Waals surface area contributed by atoms with Crippen molar-refractivity contribution in [2.45, 2.75) is 0 Å². The summed E-state index contributed by atoms with van der Waals surface area (Å²) in [4.78, 5) is 0. The van der Waals surface area contributed by atoms with E-state index in [0.717, 1.165) is 66.7 Å². The van der Waals surface area contributed by atoms with Crippen molar-refractivity contribution < 1.29 is 8.78 Å². The van der Waals surface area contributed by atoms with Crippen molar-refractivity contribution in [3.8, 4) is 33.6 Å². The maximum atomic E-state index is 16.6. The van der Waals surface area contributed by atoms with Gasteiger partial charge in [0.1, 0.15) is 11.0 Å². The number of hydrogen-bond donors (Lipinski definition) is 0. The molecule has 7 heteroatoms. The molecule has 0 bridgehead atoms. The zero-order chi connectivity index (χ0) is 32.6. The molecule has 49 heavy (non-hydrogen) atoms. The smallest absolute Gasteiger partial charge is 0.169 e. The van der Waals surface area contributed by atoms with Gasteiger partial charge in [0, 0.05) is 44.0 Å². The van der Waals surface area contributed by atoms with Crippen molar-refractivity contribution in [3.05, 3.63) is 157 Å². The Morgan fingerprint density at radius 3 is 1.24 bits per heavy atom. The third-order valence-electron chi connectivity index (χ3n) is 9.55. The minimum atomic E-state index is -0.937. The molecule has 0 aliphatic heterocycles. The second-order valence-electron chi connectivity index (χ2n) is 12.2. The van der Waals surface area contributed by atoms with Gasteiger partial charge < -0.3 is 9.13 Å². The summed E-state index contributed by atoms with van der Waals surface area (Å²) in [6, 6.07) is 48.1. The van der Waals surface area contributed by atoms with Gasteiger partial charge in [-0.15, -0.1) is 0 Å². The molecular weight excluding hydrogens is 631 g/mol. The molecule has 0 atom stereocenters. The van der Waals surface area contributed by atoms with Crippen molar-refractivity contribution in [3.63, 3.8) is 0 Å². The zero-order valence-electron chi connectivity index (χ0n) is 25.8. The number of aromatic nitrogens is 4. The van der Waals surface area contributed by atoms with Gasteiger partial charge in [-0.1, -0.05) is 84.9 Å². The van der Waals surface area contributed by atoms with Crippen LogP contribution in [0.2, 0.25) is 0 Å². The van der Waals surface area contributed by atoms with Crippen LogP contribution < -0.4 is 0 Å². The van der Waals surface area contributed by atoms with Crippen LogP contribution in [0.25, 0.3) is 88.3 Å². The van der Waals surface area contributed by atoms with Crippen LogP contribution in [0, 0.1) is 11.6 Å². The molecule has 0 saturated heterocycles. The average molecular weight is 655 g/mol. The Kier molecular flexibility index (Phi) is 6.07. The van der Waals surface area contributed by atoms with Gasteiger partial charge in [-0.25, -0.2) is 8.78 Å². The Bertz CT molecular complexity index is 2710. The van der Waals surface area contributed by atoms with Gasteiger partial charge in [0.05, 0.1) is 33.8 Å². The predicted octanol–water partition coefficient (Wildman–Crippen LogP) is 11.5. The lowest BCUT2D eigenvalue weighted by atomic mass is 9.94. The van der Waals surface area contributed by atoms with Crippen molar-refractivity contribution >= 4 is 66.4 Å². The lowest BCUT2D eigenvalue weighted by molar-refractivity contribution is 0.515. The first-order chi connectivity index (χ1) is 24.2. The number of rotatable bonds is 4. The molecule has 232 valence electrons. The second kappa shape index (κ2) is 10.7. The fourth-order valence-electron chi connectivity index (χ4n) is 7.44. The molecule has 4 nitrogen and oxygen atoms in total. The second-order valence-corrected chi connectivity index (χ2v) is 12.7. The van der Waals surface area contributed by atoms with Crippen LogP contribution in [0.3, 0.4) is 0 Å². The highest BCUT2D eigenvalue weighted by Crippen LogP contribution is 2.43. The lowest BCUT2D eigenvalue weighted by Gasteiger charge is -2.12. The maximum Gasteiger partial charge on any atom is 0.169 e. The number of benzene rings is 7. The van der Waals surface area contributed by atoms with Gasteiger partial charge >= 0.3 is 0 Å². The summed E-state index contributed by atoms with van der Waals surface area (Å²) in [7, 11) is 0. The molecule has 0 aliphatic carbocycles. The normalized spacial score (nSPS) is 11.9. The van der Waals surface area contributed by atoms with Crippen LogP contribution in [0.5, 0.6) is 0 Å². The molecule has 10 aromatic rings. The van der Waals surface area contributed by atoms with E-state index < -0.39 is 11.6 Å². The van der Waals surface area contributed by atoms with Crippen LogP contribution in [0.4, 0.5) is 8.78 Å². The highest BCUT2D eigenvalue weighted by atomic mass is 32.1. The monoisotopic (exact) mass is 654 g/mol. The minimum absolute atomic E-state index is 0.116. The molecule has 0 saturated carbocycles. The standard InChI is InChI=1S/C42H24F2N4S/c43-39-37(25-19-21-35-31(23-25)29-15-7-9-17-33(29)47(35)27-11-3-1-4-12-27)41-42(46-49-45-41)38(40(39)44)26-20-22-36-32(24-26)30-16-8-10-18-34(30)48(36)28-13-5-2-6-14-28/h1-24H. The Morgan fingerprint density at radius 2 is 0.796 bits per heavy atom. The van der Waals surface area contributed by atoms with E-state index >= 15 is 8.78 Å². The van der Waals surface area contributed by atoms with Gasteiger partial charge in [0.25, 0.3) is 0 Å². The summed E-state index contributed by atoms with van der Waals surface area (Å²) < 4.78 is 46.6. The van der Waals surface area contributed by atoms with Crippen molar-refractivity contribution in [2.24, 2.45) is 0 Å². The first kappa shape index (κ1) is 27.9. The Labute approximate surface area is 283 Å². The zero-order valence-corrected chi connectivity index (χ0v) is 26.6. The molecular formula is C42H24F2N4S. The van der Waals surface area contributed by atoms with E-state index in [4.69, 9.17) is 0 Å². The van der Waals surface area contributed by atoms with Crippen LogP contribution in [0.1, 0.15) is 0 Å². The van der Waals surface area contributed by atoms with E-state index in [2.05, 4.69) is 66.4 Å². The molecule has 3 heterocycles. The van der Waals surface area contributed by atoms with Crippen molar-refractivity contribution in [1.82, 2.24) is 17.9 Å². The molecule has 10 rings (SSSR count). The van der Waals surface area contributed by atoms with E-state index in [1.54, 1.807) is 0 Å². The van der Waals surface area contributed by atoms with Gasteiger partial charge in [-0.05, 0) is 71.8 Å². The first-order valence-corrected chi connectivity index (χ1v) is 16.7. The van der Waals surface area contributed by atoms with Crippen LogP contribution in [-0.4, -0.2) is 17.9 Å². The van der Waals surface area contributed by atoms with Crippen LogP contribution in [0.15, 0.2) is 146 Å². The summed E-state index contributed by atoms with van der Waals surface area (Å²) in [6.07, 6.45) is 0. The number of halogens is 2. The fraction of sp³-hybridized carbons (Fsp3) is 0. The number of para-hydroxylation sites is 4. The van der Waals surface area contributed by atoms with E-state index in [-0.39, 0.29) is 11.1 Å². The molecule has 0 N–H and O–H groups in total. The van der Waals surface area contributed by atoms with E-state index in [1.807, 2.05) is 97.1 Å². The van der Waals surface area contributed by atoms with Crippen molar-refractivity contribution in [2.75, 3.05) is 0 Å². The quantitative estimate of drug-likeness (QED) is 0.189. The summed E-state index contributed by atoms with van der Waals surface area (Å²) in [5, 5.41) is 3.93. The number of fused-ring (bicyclic) bond motifs is 7. The highest BCUT2D eigenvalue weighted by Gasteiger charge is 2.26. The summed E-state index contributed by atoms with van der Waals surface area (Å²) in [5.74, 6) is -1.87. The van der Waals surface area contributed by atoms with Crippen LogP contribution >= 0.6 is 11.7 Å². The number of hydrogen-bond acceptors (Lipinski definition) is 3. The molecule has 0 fully saturated rings. The fourth-order valence-corrected chi connectivity index (χ4v) is 8.00. The Morgan fingerprint density at radius 1 is 0.408 bits per heavy atom. The topological polar surface area (TPSA) is 35.6 Å². The van der Waals surface area contributed by atoms with E-state index in [0.29, 0.717) is 22.2 Å². The van der Waals surface area contributed by atoms with Gasteiger partial charge in [-0.3, -0.25) is 0 Å². The Hall–Kier alpha value is -6.18. The molecule has 0 spiro atoms. The SMILES string of the molecule is Fc1c(F)c(-c2ccc3c(c2)c2ccccc2n3-c2ccccc2)c2nsnc2c1-c1ccc2c(c1)c1ccccc1n2-c1ccccc1. The third kappa shape index (κ3) is 4.06. The maximum absolute atomic E-state index is 16.6. The van der Waals surface area contributed by atoms with Gasteiger partial charge in [0.2, 0.25) is 0 Å². The largest absolute Gasteiger partial charge is 0.309 e. The Balaban J connectivity index is 1.18. The van der Waals surface area contributed by atoms with E-state index in [9.17, 15) is 0 Å². The molecule has 0 aliphatic rings. The first-order valence-electron chi connectivity index (χ1n) is 16.0. The van der Waals surface area contributed by atoms with E-state index in [1.165, 1.54) is 0 Å². The summed E-state index contributed by atoms with van der Waals surface area (Å²) in [5.41, 5.74) is 8.09. The molecule has 3 aromatic heterocycles. The molecule has 0 amide bonds. The molecule has 0 unspecified atom stereocenters. The van der Waals surface area contributed by atoms with Gasteiger partial charge in [0.15, 0.2) is 11.6 Å². The number of nitrogens with zero attached hydrogens (tertiary/aromatic N) is 4. The molecule has 7 aromatic carbocycles.